The Hall–Kier alpha value is -2.39. The molecule has 0 bridgehead atoms. The van der Waals surface area contributed by atoms with Gasteiger partial charge in [0.05, 0.1) is 0 Å². The average molecular weight is 341 g/mol. The number of benzene rings is 1. The second kappa shape index (κ2) is 6.39. The second-order valence-corrected chi connectivity index (χ2v) is 4.69. The molecular formula is C13H12F5NO4. The van der Waals surface area contributed by atoms with Crippen LogP contribution >= 0.6 is 0 Å². The highest BCUT2D eigenvalue weighted by molar-refractivity contribution is 5.85. The number of nitrogens with one attached hydrogen (secondary N) is 1. The number of carbonyl (C=O) groups is 2. The minimum Gasteiger partial charge on any atom is -0.479 e. The molecule has 0 fully saturated rings. The Labute approximate surface area is 127 Å². The van der Waals surface area contributed by atoms with Crippen LogP contribution in [0.25, 0.3) is 0 Å². The van der Waals surface area contributed by atoms with Crippen molar-refractivity contribution in [3.8, 4) is 0 Å². The van der Waals surface area contributed by atoms with Crippen molar-refractivity contribution in [3.63, 3.8) is 0 Å². The maximum Gasteiger partial charge on any atom is 0.456 e. The summed E-state index contributed by atoms with van der Waals surface area (Å²) in [6.07, 6.45) is -7.89. The smallest absolute Gasteiger partial charge is 0.456 e. The lowest BCUT2D eigenvalue weighted by atomic mass is 9.93. The molecule has 5 nitrogen and oxygen atoms in total. The highest BCUT2D eigenvalue weighted by Gasteiger charge is 2.72. The second-order valence-electron chi connectivity index (χ2n) is 4.69. The zero-order chi connectivity index (χ0) is 17.9. The average Bonchev–Trinajstić information content (AvgIpc) is 2.44. The van der Waals surface area contributed by atoms with Gasteiger partial charge in [0, 0.05) is 0 Å². The van der Waals surface area contributed by atoms with Gasteiger partial charge in [-0.15, -0.1) is 0 Å². The Morgan fingerprint density at radius 3 is 2.09 bits per heavy atom. The van der Waals surface area contributed by atoms with Crippen molar-refractivity contribution in [2.24, 2.45) is 0 Å². The maximum absolute atomic E-state index is 13.4. The van der Waals surface area contributed by atoms with Gasteiger partial charge in [-0.25, -0.2) is 9.59 Å². The number of rotatable bonds is 5. The number of alkyl halides is 5. The Kier molecular flexibility index (Phi) is 5.18. The molecule has 1 aromatic rings. The van der Waals surface area contributed by atoms with E-state index in [1.807, 2.05) is 0 Å². The van der Waals surface area contributed by atoms with E-state index in [1.54, 1.807) is 18.2 Å². The molecule has 1 atom stereocenters. The van der Waals surface area contributed by atoms with Gasteiger partial charge < -0.3 is 9.84 Å². The molecule has 0 spiro atoms. The largest absolute Gasteiger partial charge is 0.479 e. The van der Waals surface area contributed by atoms with Gasteiger partial charge in [-0.1, -0.05) is 30.3 Å². The summed E-state index contributed by atoms with van der Waals surface area (Å²) in [5.74, 6) is -8.27. The molecule has 0 aliphatic carbocycles. The van der Waals surface area contributed by atoms with Crippen LogP contribution in [0.4, 0.5) is 26.7 Å². The monoisotopic (exact) mass is 341 g/mol. The molecule has 128 valence electrons. The lowest BCUT2D eigenvalue weighted by Gasteiger charge is -2.34. The van der Waals surface area contributed by atoms with Crippen LogP contribution in [0.3, 0.4) is 0 Å². The SMILES string of the molecule is CC(NC(=O)OCc1ccccc1)(C(=O)O)C(F)(F)C(F)(F)F. The van der Waals surface area contributed by atoms with E-state index < -0.39 is 36.3 Å². The molecular weight excluding hydrogens is 329 g/mol. The van der Waals surface area contributed by atoms with E-state index in [1.165, 1.54) is 12.1 Å². The van der Waals surface area contributed by atoms with Crippen LogP contribution in [-0.2, 0) is 16.1 Å². The minimum absolute atomic E-state index is 0.0482. The van der Waals surface area contributed by atoms with E-state index >= 15 is 0 Å². The molecule has 10 heteroatoms. The fraction of sp³-hybridized carbons (Fsp3) is 0.385. The molecule has 0 saturated heterocycles. The number of carboxylic acids is 1. The molecule has 0 heterocycles. The Bertz CT molecular complexity index is 575. The third-order valence-electron chi connectivity index (χ3n) is 2.98. The number of carbonyl (C=O) groups excluding carboxylic acids is 1. The van der Waals surface area contributed by atoms with Gasteiger partial charge in [0.1, 0.15) is 6.61 Å². The van der Waals surface area contributed by atoms with Crippen molar-refractivity contribution in [2.45, 2.75) is 31.2 Å². The van der Waals surface area contributed by atoms with Crippen LogP contribution < -0.4 is 5.32 Å². The van der Waals surface area contributed by atoms with Crippen LogP contribution in [0.5, 0.6) is 0 Å². The fourth-order valence-electron chi connectivity index (χ4n) is 1.51. The van der Waals surface area contributed by atoms with Crippen molar-refractivity contribution in [1.29, 1.82) is 0 Å². The summed E-state index contributed by atoms with van der Waals surface area (Å²) >= 11 is 0. The van der Waals surface area contributed by atoms with Gasteiger partial charge in [-0.05, 0) is 12.5 Å². The van der Waals surface area contributed by atoms with Gasteiger partial charge in [0.2, 0.25) is 5.54 Å². The number of aliphatic carboxylic acids is 1. The standard InChI is InChI=1S/C13H12F5NO4/c1-11(9(20)21,12(14,15)13(16,17)18)19-10(22)23-7-8-5-3-2-4-6-8/h2-6H,7H2,1H3,(H,19,22)(H,20,21). The molecule has 1 rings (SSSR count). The molecule has 0 radical (unpaired) electrons. The first-order chi connectivity index (χ1) is 10.4. The van der Waals surface area contributed by atoms with Crippen LogP contribution in [-0.4, -0.2) is 34.8 Å². The number of hydrogen-bond donors (Lipinski definition) is 2. The van der Waals surface area contributed by atoms with E-state index in [-0.39, 0.29) is 6.92 Å². The van der Waals surface area contributed by atoms with E-state index in [4.69, 9.17) is 5.11 Å². The first kappa shape index (κ1) is 18.7. The Morgan fingerprint density at radius 1 is 1.13 bits per heavy atom. The Balaban J connectivity index is 2.87. The van der Waals surface area contributed by atoms with Gasteiger partial charge in [-0.2, -0.15) is 22.0 Å². The number of halogens is 5. The first-order valence-corrected chi connectivity index (χ1v) is 6.08. The molecule has 2 N–H and O–H groups in total. The van der Waals surface area contributed by atoms with Gasteiger partial charge in [0.15, 0.2) is 0 Å². The number of amides is 1. The summed E-state index contributed by atoms with van der Waals surface area (Å²) in [4.78, 5) is 22.3. The topological polar surface area (TPSA) is 75.6 Å². The van der Waals surface area contributed by atoms with Crippen LogP contribution in [0, 0.1) is 0 Å². The van der Waals surface area contributed by atoms with Gasteiger partial charge in [0.25, 0.3) is 0 Å². The van der Waals surface area contributed by atoms with Crippen LogP contribution in [0.2, 0.25) is 0 Å². The summed E-state index contributed by atoms with van der Waals surface area (Å²) < 4.78 is 68.4. The third-order valence-corrected chi connectivity index (χ3v) is 2.98. The van der Waals surface area contributed by atoms with Crippen molar-refractivity contribution < 1.29 is 41.4 Å². The summed E-state index contributed by atoms with van der Waals surface area (Å²) in [6.45, 7) is -0.382. The molecule has 1 amide bonds. The van der Waals surface area contributed by atoms with E-state index in [2.05, 4.69) is 4.74 Å². The molecule has 0 saturated carbocycles. The Morgan fingerprint density at radius 2 is 1.65 bits per heavy atom. The zero-order valence-corrected chi connectivity index (χ0v) is 11.7. The molecule has 1 unspecified atom stereocenters. The predicted molar refractivity (Wildman–Crippen MR) is 66.8 cm³/mol. The van der Waals surface area contributed by atoms with Crippen molar-refractivity contribution >= 4 is 12.1 Å². The molecule has 0 aliphatic heterocycles. The van der Waals surface area contributed by atoms with Gasteiger partial charge in [-0.3, -0.25) is 5.32 Å². The predicted octanol–water partition coefficient (Wildman–Crippen LogP) is 2.95. The van der Waals surface area contributed by atoms with Gasteiger partial charge >= 0.3 is 24.2 Å². The summed E-state index contributed by atoms with van der Waals surface area (Å²) in [6, 6.07) is 7.82. The highest BCUT2D eigenvalue weighted by Crippen LogP contribution is 2.43. The lowest BCUT2D eigenvalue weighted by molar-refractivity contribution is -0.306. The first-order valence-electron chi connectivity index (χ1n) is 6.08. The van der Waals surface area contributed by atoms with Crippen LogP contribution in [0.1, 0.15) is 12.5 Å². The zero-order valence-electron chi connectivity index (χ0n) is 11.7. The lowest BCUT2D eigenvalue weighted by Crippen LogP contribution is -2.68. The van der Waals surface area contributed by atoms with Crippen molar-refractivity contribution in [1.82, 2.24) is 5.32 Å². The number of carboxylic acid groups (broad SMARTS) is 1. The highest BCUT2D eigenvalue weighted by atomic mass is 19.4. The molecule has 23 heavy (non-hydrogen) atoms. The molecule has 1 aromatic carbocycles. The summed E-state index contributed by atoms with van der Waals surface area (Å²) in [7, 11) is 0. The molecule has 0 aromatic heterocycles. The van der Waals surface area contributed by atoms with E-state index in [9.17, 15) is 31.5 Å². The quantitative estimate of drug-likeness (QED) is 0.808. The number of hydrogen-bond acceptors (Lipinski definition) is 3. The summed E-state index contributed by atoms with van der Waals surface area (Å²) in [5.41, 5.74) is -3.48. The van der Waals surface area contributed by atoms with E-state index in [0.29, 0.717) is 5.56 Å². The van der Waals surface area contributed by atoms with Crippen molar-refractivity contribution in [2.75, 3.05) is 0 Å². The maximum atomic E-state index is 13.4. The third kappa shape index (κ3) is 3.88. The van der Waals surface area contributed by atoms with Crippen LogP contribution in [0.15, 0.2) is 30.3 Å². The number of ether oxygens (including phenoxy) is 1. The minimum atomic E-state index is -6.17. The number of alkyl carbamates (subject to hydrolysis) is 1. The van der Waals surface area contributed by atoms with Crippen molar-refractivity contribution in [3.05, 3.63) is 35.9 Å². The van der Waals surface area contributed by atoms with E-state index in [0.717, 1.165) is 5.32 Å². The summed E-state index contributed by atoms with van der Waals surface area (Å²) in [5, 5.41) is 9.79. The normalized spacial score (nSPS) is 14.7. The fourth-order valence-corrected chi connectivity index (χ4v) is 1.51. The molecule has 0 aliphatic rings.